The maximum atomic E-state index is 12.8. The Hall–Kier alpha value is -1.50. The smallest absolute Gasteiger partial charge is 0.272 e. The Kier molecular flexibility index (Phi) is 6.04. The first-order valence-electron chi connectivity index (χ1n) is 9.15. The molecule has 1 amide bonds. The van der Waals surface area contributed by atoms with Crippen LogP contribution in [0.2, 0.25) is 0 Å². The fourth-order valence-corrected chi connectivity index (χ4v) is 3.85. The number of fused-ring (bicyclic) bond motifs is 1. The summed E-state index contributed by atoms with van der Waals surface area (Å²) in [5.74, 6) is 0.0114. The van der Waals surface area contributed by atoms with Gasteiger partial charge in [-0.3, -0.25) is 9.78 Å². The summed E-state index contributed by atoms with van der Waals surface area (Å²) in [4.78, 5) is 21.1. The van der Waals surface area contributed by atoms with Gasteiger partial charge in [-0.2, -0.15) is 0 Å². The van der Waals surface area contributed by atoms with Gasteiger partial charge in [-0.25, -0.2) is 0 Å². The number of nitrogens with zero attached hydrogens (tertiary/aromatic N) is 3. The first-order chi connectivity index (χ1) is 12.1. The molecule has 2 saturated heterocycles. The molecular weight excluding hydrogens is 318 g/mol. The summed E-state index contributed by atoms with van der Waals surface area (Å²) in [6.45, 7) is 4.48. The Morgan fingerprint density at radius 2 is 2.36 bits per heavy atom. The van der Waals surface area contributed by atoms with Gasteiger partial charge >= 0.3 is 0 Å². The third-order valence-corrected chi connectivity index (χ3v) is 5.23. The molecule has 3 heterocycles. The Bertz CT molecular complexity index is 566. The molecule has 0 aromatic carbocycles. The molecule has 2 fully saturated rings. The second-order valence-electron chi connectivity index (χ2n) is 7.41. The van der Waals surface area contributed by atoms with Crippen molar-refractivity contribution in [3.8, 4) is 0 Å². The van der Waals surface area contributed by atoms with E-state index in [4.69, 9.17) is 9.47 Å². The van der Waals surface area contributed by atoms with E-state index in [0.29, 0.717) is 25.5 Å². The molecule has 0 N–H and O–H groups in total. The quantitative estimate of drug-likeness (QED) is 0.733. The zero-order valence-corrected chi connectivity index (χ0v) is 15.3. The van der Waals surface area contributed by atoms with E-state index in [0.717, 1.165) is 39.0 Å². The number of carbonyl (C=O) groups is 1. The third-order valence-electron chi connectivity index (χ3n) is 5.23. The predicted molar refractivity (Wildman–Crippen MR) is 95.5 cm³/mol. The van der Waals surface area contributed by atoms with Crippen LogP contribution in [0.4, 0.5) is 0 Å². The van der Waals surface area contributed by atoms with Gasteiger partial charge in [0.25, 0.3) is 5.91 Å². The van der Waals surface area contributed by atoms with E-state index >= 15 is 0 Å². The second-order valence-corrected chi connectivity index (χ2v) is 7.41. The highest BCUT2D eigenvalue weighted by Gasteiger charge is 2.47. The maximum Gasteiger partial charge on any atom is 0.272 e. The number of piperidine rings is 1. The highest BCUT2D eigenvalue weighted by Crippen LogP contribution is 2.40. The molecule has 2 aliphatic rings. The minimum Gasteiger partial charge on any atom is -0.379 e. The van der Waals surface area contributed by atoms with E-state index in [2.05, 4.69) is 9.88 Å². The van der Waals surface area contributed by atoms with Crippen LogP contribution >= 0.6 is 0 Å². The van der Waals surface area contributed by atoms with E-state index in [1.54, 1.807) is 12.3 Å². The lowest BCUT2D eigenvalue weighted by Gasteiger charge is -2.50. The van der Waals surface area contributed by atoms with E-state index in [1.165, 1.54) is 0 Å². The molecule has 0 saturated carbocycles. The first-order valence-corrected chi connectivity index (χ1v) is 9.15. The van der Waals surface area contributed by atoms with Gasteiger partial charge in [-0.05, 0) is 45.5 Å². The second kappa shape index (κ2) is 8.25. The number of rotatable bonds is 6. The first kappa shape index (κ1) is 18.3. The van der Waals surface area contributed by atoms with Crippen molar-refractivity contribution < 1.29 is 14.3 Å². The van der Waals surface area contributed by atoms with Crippen molar-refractivity contribution in [2.24, 2.45) is 5.41 Å². The topological polar surface area (TPSA) is 54.9 Å². The summed E-state index contributed by atoms with van der Waals surface area (Å²) in [7, 11) is 4.09. The normalized spacial score (nSPS) is 26.5. The van der Waals surface area contributed by atoms with Crippen molar-refractivity contribution in [3.05, 3.63) is 30.1 Å². The molecule has 0 spiro atoms. The highest BCUT2D eigenvalue weighted by atomic mass is 16.5. The SMILES string of the molecule is CN(C)CCOCC12CCCOC1CCN(C(=O)c1ccccn1)C2. The molecule has 25 heavy (non-hydrogen) atoms. The van der Waals surface area contributed by atoms with Crippen molar-refractivity contribution in [1.29, 1.82) is 0 Å². The molecule has 3 rings (SSSR count). The van der Waals surface area contributed by atoms with Crippen LogP contribution in [0.15, 0.2) is 24.4 Å². The molecule has 1 aromatic rings. The van der Waals surface area contributed by atoms with Gasteiger partial charge < -0.3 is 19.3 Å². The maximum absolute atomic E-state index is 12.8. The van der Waals surface area contributed by atoms with Gasteiger partial charge in [-0.1, -0.05) is 6.07 Å². The molecule has 0 aliphatic carbocycles. The Labute approximate surface area is 150 Å². The van der Waals surface area contributed by atoms with Crippen LogP contribution in [-0.4, -0.2) is 80.3 Å². The lowest BCUT2D eigenvalue weighted by atomic mass is 9.73. The fraction of sp³-hybridized carbons (Fsp3) is 0.684. The molecule has 138 valence electrons. The summed E-state index contributed by atoms with van der Waals surface area (Å²) in [6.07, 6.45) is 4.80. The minimum absolute atomic E-state index is 0.0114. The molecule has 1 aromatic heterocycles. The largest absolute Gasteiger partial charge is 0.379 e. The number of aromatic nitrogens is 1. The van der Waals surface area contributed by atoms with Crippen LogP contribution in [0.25, 0.3) is 0 Å². The zero-order chi connectivity index (χ0) is 17.7. The number of amides is 1. The number of ether oxygens (including phenoxy) is 2. The van der Waals surface area contributed by atoms with E-state index in [1.807, 2.05) is 31.1 Å². The Morgan fingerprint density at radius 3 is 3.12 bits per heavy atom. The lowest BCUT2D eigenvalue weighted by molar-refractivity contribution is -0.147. The van der Waals surface area contributed by atoms with Crippen molar-refractivity contribution in [3.63, 3.8) is 0 Å². The van der Waals surface area contributed by atoms with Crippen LogP contribution in [0.1, 0.15) is 29.8 Å². The van der Waals surface area contributed by atoms with Gasteiger partial charge in [0.05, 0.1) is 19.3 Å². The Balaban J connectivity index is 1.67. The monoisotopic (exact) mass is 347 g/mol. The number of hydrogen-bond donors (Lipinski definition) is 0. The van der Waals surface area contributed by atoms with E-state index < -0.39 is 0 Å². The number of pyridine rings is 1. The fourth-order valence-electron chi connectivity index (χ4n) is 3.85. The van der Waals surface area contributed by atoms with Gasteiger partial charge in [0.2, 0.25) is 0 Å². The van der Waals surface area contributed by atoms with E-state index in [-0.39, 0.29) is 17.4 Å². The molecule has 2 aliphatic heterocycles. The van der Waals surface area contributed by atoms with Gasteiger partial charge in [-0.15, -0.1) is 0 Å². The molecule has 0 radical (unpaired) electrons. The number of likely N-dealkylation sites (tertiary alicyclic amines) is 1. The number of hydrogen-bond acceptors (Lipinski definition) is 5. The lowest BCUT2D eigenvalue weighted by Crippen LogP contribution is -2.58. The molecule has 0 bridgehead atoms. The van der Waals surface area contributed by atoms with Gasteiger partial charge in [0.15, 0.2) is 0 Å². The van der Waals surface area contributed by atoms with Crippen LogP contribution in [0, 0.1) is 5.41 Å². The van der Waals surface area contributed by atoms with Crippen LogP contribution in [-0.2, 0) is 9.47 Å². The summed E-state index contributed by atoms with van der Waals surface area (Å²) in [6, 6.07) is 5.47. The molecule has 2 unspecified atom stereocenters. The van der Waals surface area contributed by atoms with Crippen molar-refractivity contribution in [2.75, 3.05) is 53.6 Å². The van der Waals surface area contributed by atoms with Gasteiger partial charge in [0.1, 0.15) is 5.69 Å². The van der Waals surface area contributed by atoms with Crippen molar-refractivity contribution in [1.82, 2.24) is 14.8 Å². The minimum atomic E-state index is -0.0900. The predicted octanol–water partition coefficient (Wildman–Crippen LogP) is 1.67. The zero-order valence-electron chi connectivity index (χ0n) is 15.3. The summed E-state index contributed by atoms with van der Waals surface area (Å²) in [5, 5.41) is 0. The summed E-state index contributed by atoms with van der Waals surface area (Å²) >= 11 is 0. The van der Waals surface area contributed by atoms with E-state index in [9.17, 15) is 4.79 Å². The summed E-state index contributed by atoms with van der Waals surface area (Å²) in [5.41, 5.74) is 0.425. The van der Waals surface area contributed by atoms with Gasteiger partial charge in [0, 0.05) is 37.9 Å². The number of likely N-dealkylation sites (N-methyl/N-ethyl adjacent to an activating group) is 1. The number of carbonyl (C=O) groups excluding carboxylic acids is 1. The molecule has 6 heteroatoms. The highest BCUT2D eigenvalue weighted by molar-refractivity contribution is 5.92. The molecule has 2 atom stereocenters. The van der Waals surface area contributed by atoms with Crippen molar-refractivity contribution in [2.45, 2.75) is 25.4 Å². The summed E-state index contributed by atoms with van der Waals surface area (Å²) < 4.78 is 12.1. The van der Waals surface area contributed by atoms with Crippen LogP contribution in [0.3, 0.4) is 0 Å². The standard InChI is InChI=1S/C19H29N3O3/c1-21(2)11-13-24-15-19-8-5-12-25-17(19)7-10-22(14-19)18(23)16-6-3-4-9-20-16/h3-4,6,9,17H,5,7-8,10-15H2,1-2H3. The Morgan fingerprint density at radius 1 is 1.48 bits per heavy atom. The molecule has 6 nitrogen and oxygen atoms in total. The van der Waals surface area contributed by atoms with Crippen LogP contribution < -0.4 is 0 Å². The van der Waals surface area contributed by atoms with Crippen LogP contribution in [0.5, 0.6) is 0 Å². The molecular formula is C19H29N3O3. The van der Waals surface area contributed by atoms with Crippen molar-refractivity contribution >= 4 is 5.91 Å². The third kappa shape index (κ3) is 4.37. The average molecular weight is 347 g/mol. The average Bonchev–Trinajstić information content (AvgIpc) is 2.65.